The molecule has 2 unspecified atom stereocenters. The van der Waals surface area contributed by atoms with Crippen molar-refractivity contribution >= 4 is 5.69 Å². The minimum Gasteiger partial charge on any atom is -0.369 e. The first-order valence-electron chi connectivity index (χ1n) is 8.07. The van der Waals surface area contributed by atoms with Crippen molar-refractivity contribution in [1.29, 1.82) is 0 Å². The van der Waals surface area contributed by atoms with Gasteiger partial charge in [-0.15, -0.1) is 0 Å². The Morgan fingerprint density at radius 1 is 1.04 bits per heavy atom. The van der Waals surface area contributed by atoms with Crippen LogP contribution in [0.4, 0.5) is 18.9 Å². The lowest BCUT2D eigenvalue weighted by Crippen LogP contribution is -2.46. The lowest BCUT2D eigenvalue weighted by Gasteiger charge is -2.38. The zero-order valence-electron chi connectivity index (χ0n) is 13.6. The SMILES string of the molecule is Cc1cccc(C2CC(N)CN(c3ccc(C(F)(F)F)cc3)C2)c1. The van der Waals surface area contributed by atoms with Gasteiger partial charge >= 0.3 is 6.18 Å². The Hall–Kier alpha value is -2.01. The number of alkyl halides is 3. The maximum Gasteiger partial charge on any atom is 0.416 e. The standard InChI is InChI=1S/C19H21F3N2/c1-13-3-2-4-14(9-13)15-10-17(23)12-24(11-15)18-7-5-16(6-8-18)19(20,21)22/h2-9,15,17H,10-12,23H2,1H3. The number of nitrogens with zero attached hydrogens (tertiary/aromatic N) is 1. The molecule has 1 aliphatic heterocycles. The van der Waals surface area contributed by atoms with Crippen molar-refractivity contribution in [2.75, 3.05) is 18.0 Å². The average molecular weight is 334 g/mol. The van der Waals surface area contributed by atoms with E-state index in [1.54, 1.807) is 0 Å². The molecule has 3 rings (SSSR count). The number of halogens is 3. The molecule has 2 aromatic rings. The first kappa shape index (κ1) is 16.8. The van der Waals surface area contributed by atoms with Gasteiger partial charge in [0.2, 0.25) is 0 Å². The summed E-state index contributed by atoms with van der Waals surface area (Å²) < 4.78 is 38.1. The molecule has 1 aliphatic rings. The monoisotopic (exact) mass is 334 g/mol. The van der Waals surface area contributed by atoms with Crippen molar-refractivity contribution in [3.05, 3.63) is 65.2 Å². The molecule has 0 saturated carbocycles. The summed E-state index contributed by atoms with van der Waals surface area (Å²) in [6.45, 7) is 3.48. The van der Waals surface area contributed by atoms with Crippen molar-refractivity contribution in [2.24, 2.45) is 5.73 Å². The summed E-state index contributed by atoms with van der Waals surface area (Å²) in [6, 6.07) is 13.7. The van der Waals surface area contributed by atoms with Gasteiger partial charge in [-0.2, -0.15) is 13.2 Å². The predicted octanol–water partition coefficient (Wildman–Crippen LogP) is 4.34. The van der Waals surface area contributed by atoms with Gasteiger partial charge in [0.1, 0.15) is 0 Å². The number of benzene rings is 2. The maximum atomic E-state index is 12.7. The highest BCUT2D eigenvalue weighted by molar-refractivity contribution is 5.49. The fourth-order valence-corrected chi connectivity index (χ4v) is 3.38. The Kier molecular flexibility index (Phi) is 4.54. The van der Waals surface area contributed by atoms with Gasteiger partial charge in [-0.1, -0.05) is 29.8 Å². The van der Waals surface area contributed by atoms with Crippen molar-refractivity contribution in [3.8, 4) is 0 Å². The van der Waals surface area contributed by atoms with Crippen molar-refractivity contribution in [1.82, 2.24) is 0 Å². The van der Waals surface area contributed by atoms with Gasteiger partial charge in [-0.25, -0.2) is 0 Å². The molecule has 2 aromatic carbocycles. The normalized spacial score (nSPS) is 21.8. The van der Waals surface area contributed by atoms with Gasteiger partial charge in [-0.05, 0) is 43.2 Å². The molecule has 0 amide bonds. The van der Waals surface area contributed by atoms with Gasteiger partial charge in [0.05, 0.1) is 5.56 Å². The lowest BCUT2D eigenvalue weighted by molar-refractivity contribution is -0.137. The van der Waals surface area contributed by atoms with E-state index in [4.69, 9.17) is 5.73 Å². The fourth-order valence-electron chi connectivity index (χ4n) is 3.38. The summed E-state index contributed by atoms with van der Waals surface area (Å²) in [6.07, 6.45) is -3.42. The molecule has 0 aromatic heterocycles. The molecule has 1 heterocycles. The van der Waals surface area contributed by atoms with Crippen LogP contribution in [0.15, 0.2) is 48.5 Å². The summed E-state index contributed by atoms with van der Waals surface area (Å²) >= 11 is 0. The Morgan fingerprint density at radius 2 is 1.75 bits per heavy atom. The van der Waals surface area contributed by atoms with E-state index in [1.165, 1.54) is 23.3 Å². The van der Waals surface area contributed by atoms with Crippen LogP contribution in [0.5, 0.6) is 0 Å². The molecule has 2 nitrogen and oxygen atoms in total. The van der Waals surface area contributed by atoms with E-state index in [2.05, 4.69) is 30.0 Å². The highest BCUT2D eigenvalue weighted by Gasteiger charge is 2.31. The van der Waals surface area contributed by atoms with E-state index in [1.807, 2.05) is 6.07 Å². The predicted molar refractivity (Wildman–Crippen MR) is 90.2 cm³/mol. The minimum atomic E-state index is -4.30. The van der Waals surface area contributed by atoms with Gasteiger partial charge < -0.3 is 10.6 Å². The third kappa shape index (κ3) is 3.73. The number of piperidine rings is 1. The topological polar surface area (TPSA) is 29.3 Å². The number of rotatable bonds is 2. The molecule has 0 bridgehead atoms. The van der Waals surface area contributed by atoms with Crippen LogP contribution in [-0.2, 0) is 6.18 Å². The van der Waals surface area contributed by atoms with Crippen LogP contribution in [0.25, 0.3) is 0 Å². The van der Waals surface area contributed by atoms with E-state index >= 15 is 0 Å². The van der Waals surface area contributed by atoms with Crippen LogP contribution in [0.3, 0.4) is 0 Å². The summed E-state index contributed by atoms with van der Waals surface area (Å²) in [5.41, 5.74) is 8.81. The molecule has 0 spiro atoms. The molecule has 1 fully saturated rings. The van der Waals surface area contributed by atoms with Crippen LogP contribution in [0.1, 0.15) is 29.0 Å². The van der Waals surface area contributed by atoms with Gasteiger partial charge in [0.15, 0.2) is 0 Å². The number of nitrogens with two attached hydrogens (primary N) is 1. The summed E-state index contributed by atoms with van der Waals surface area (Å²) in [5.74, 6) is 0.288. The van der Waals surface area contributed by atoms with Crippen molar-refractivity contribution in [2.45, 2.75) is 31.5 Å². The average Bonchev–Trinajstić information content (AvgIpc) is 2.53. The second-order valence-corrected chi connectivity index (χ2v) is 6.56. The van der Waals surface area contributed by atoms with E-state index in [-0.39, 0.29) is 12.0 Å². The highest BCUT2D eigenvalue weighted by Crippen LogP contribution is 2.33. The van der Waals surface area contributed by atoms with E-state index in [0.717, 1.165) is 30.8 Å². The largest absolute Gasteiger partial charge is 0.416 e. The summed E-state index contributed by atoms with van der Waals surface area (Å²) in [7, 11) is 0. The zero-order valence-corrected chi connectivity index (χ0v) is 13.6. The van der Waals surface area contributed by atoms with E-state index in [9.17, 15) is 13.2 Å². The van der Waals surface area contributed by atoms with Crippen LogP contribution in [-0.4, -0.2) is 19.1 Å². The quantitative estimate of drug-likeness (QED) is 0.885. The first-order chi connectivity index (χ1) is 11.3. The minimum absolute atomic E-state index is 0.00607. The Morgan fingerprint density at radius 3 is 2.38 bits per heavy atom. The zero-order chi connectivity index (χ0) is 17.3. The Balaban J connectivity index is 1.81. The molecule has 24 heavy (non-hydrogen) atoms. The third-order valence-corrected chi connectivity index (χ3v) is 4.56. The number of hydrogen-bond acceptors (Lipinski definition) is 2. The van der Waals surface area contributed by atoms with Gasteiger partial charge in [-0.3, -0.25) is 0 Å². The second kappa shape index (κ2) is 6.48. The number of anilines is 1. The molecule has 0 aliphatic carbocycles. The Bertz CT molecular complexity index is 695. The van der Waals surface area contributed by atoms with Gasteiger partial charge in [0, 0.05) is 30.7 Å². The molecular formula is C19H21F3N2. The van der Waals surface area contributed by atoms with Crippen LogP contribution >= 0.6 is 0 Å². The second-order valence-electron chi connectivity index (χ2n) is 6.56. The fraction of sp³-hybridized carbons (Fsp3) is 0.368. The molecule has 0 radical (unpaired) electrons. The highest BCUT2D eigenvalue weighted by atomic mass is 19.4. The molecule has 5 heteroatoms. The number of hydrogen-bond donors (Lipinski definition) is 1. The van der Waals surface area contributed by atoms with Crippen LogP contribution in [0.2, 0.25) is 0 Å². The molecule has 128 valence electrons. The molecular weight excluding hydrogens is 313 g/mol. The van der Waals surface area contributed by atoms with Gasteiger partial charge in [0.25, 0.3) is 0 Å². The smallest absolute Gasteiger partial charge is 0.369 e. The van der Waals surface area contributed by atoms with Crippen molar-refractivity contribution in [3.63, 3.8) is 0 Å². The van der Waals surface area contributed by atoms with Crippen LogP contribution < -0.4 is 10.6 Å². The third-order valence-electron chi connectivity index (χ3n) is 4.56. The van der Waals surface area contributed by atoms with E-state index < -0.39 is 11.7 Å². The molecule has 2 atom stereocenters. The summed E-state index contributed by atoms with van der Waals surface area (Å²) in [4.78, 5) is 2.08. The van der Waals surface area contributed by atoms with Crippen molar-refractivity contribution < 1.29 is 13.2 Å². The summed E-state index contributed by atoms with van der Waals surface area (Å²) in [5, 5.41) is 0. The van der Waals surface area contributed by atoms with Crippen LogP contribution in [0, 0.1) is 6.92 Å². The maximum absolute atomic E-state index is 12.7. The molecule has 1 saturated heterocycles. The van der Waals surface area contributed by atoms with E-state index in [0.29, 0.717) is 6.54 Å². The lowest BCUT2D eigenvalue weighted by atomic mass is 9.87. The number of aryl methyl sites for hydroxylation is 1. The first-order valence-corrected chi connectivity index (χ1v) is 8.07. The Labute approximate surface area is 140 Å². The molecule has 2 N–H and O–H groups in total.